The number of halogens is 1. The lowest BCUT2D eigenvalue weighted by Gasteiger charge is -2.40. The minimum absolute atomic E-state index is 0.0734. The Morgan fingerprint density at radius 2 is 1.39 bits per heavy atom. The molecular weight excluding hydrogens is 708 g/mol. The summed E-state index contributed by atoms with van der Waals surface area (Å²) >= 11 is 5.92. The molecule has 7 rings (SSSR count). The molecule has 7 N–H and O–H groups in total. The van der Waals surface area contributed by atoms with Crippen LogP contribution in [0.4, 0.5) is 10.1 Å². The third-order valence-electron chi connectivity index (χ3n) is 10.5. The number of phenolic OH excluding ortho intramolecular Hbond substituents is 1. The zero-order valence-corrected chi connectivity index (χ0v) is 30.1. The van der Waals surface area contributed by atoms with E-state index in [0.717, 1.165) is 27.9 Å². The lowest BCUT2D eigenvalue weighted by atomic mass is 9.90. The predicted octanol–water partition coefficient (Wildman–Crippen LogP) is 6.09. The number of hydrogen-bond donors (Lipinski definition) is 7. The van der Waals surface area contributed by atoms with Crippen molar-refractivity contribution in [3.63, 3.8) is 0 Å². The zero-order valence-electron chi connectivity index (χ0n) is 29.3. The first-order valence-corrected chi connectivity index (χ1v) is 18.5. The fourth-order valence-electron chi connectivity index (χ4n) is 7.52. The van der Waals surface area contributed by atoms with Crippen molar-refractivity contribution in [3.05, 3.63) is 144 Å². The summed E-state index contributed by atoms with van der Waals surface area (Å²) in [5.41, 5.74) is 6.41. The van der Waals surface area contributed by atoms with Crippen LogP contribution in [0.2, 0.25) is 0 Å². The molecule has 0 saturated carbocycles. The molecule has 8 atom stereocenters. The number of nitrogens with zero attached hydrogens (tertiary/aromatic N) is 1. The summed E-state index contributed by atoms with van der Waals surface area (Å²) in [6.45, 7) is -0.512. The van der Waals surface area contributed by atoms with Crippen LogP contribution < -0.4 is 10.2 Å². The highest BCUT2D eigenvalue weighted by Crippen LogP contribution is 2.42. The average molecular weight is 751 g/mol. The van der Waals surface area contributed by atoms with Gasteiger partial charge in [-0.1, -0.05) is 91.0 Å². The monoisotopic (exact) mass is 750 g/mol. The van der Waals surface area contributed by atoms with Crippen LogP contribution in [-0.2, 0) is 4.74 Å². The van der Waals surface area contributed by atoms with E-state index in [4.69, 9.17) is 17.0 Å². The number of aromatic hydroxyl groups is 1. The normalized spacial score (nSPS) is 24.7. The maximum absolute atomic E-state index is 13.5. The Bertz CT molecular complexity index is 2030. The highest BCUT2D eigenvalue weighted by molar-refractivity contribution is 7.80. The molecule has 2 heterocycles. The van der Waals surface area contributed by atoms with E-state index in [0.29, 0.717) is 41.1 Å². The molecule has 54 heavy (non-hydrogen) atoms. The molecule has 0 spiro atoms. The molecule has 11 heteroatoms. The summed E-state index contributed by atoms with van der Waals surface area (Å²) < 4.78 is 19.2. The standard InChI is InChI=1S/C43H43FN2O7S/c44-31-18-13-28(14-19-31)35(48)8-4-7-34-38(46(43(54)45-34)32-20-15-26(16-21-32)25-5-2-1-3-6-25)33-22-17-30(23-36(33)49)27-9-11-29(12-10-27)42-41(52)40(51)39(50)37(24-47)53-42/h1-3,5-6,9-23,34-35,37-42,47-52H,4,7-8,24H2,(H,45,54). The molecule has 2 aliphatic rings. The smallest absolute Gasteiger partial charge is 0.174 e. The number of anilines is 1. The Balaban J connectivity index is 1.14. The number of nitrogens with one attached hydrogen (secondary N) is 1. The minimum atomic E-state index is -1.48. The molecule has 0 aromatic heterocycles. The van der Waals surface area contributed by atoms with Crippen LogP contribution in [0.3, 0.4) is 0 Å². The van der Waals surface area contributed by atoms with E-state index in [9.17, 15) is 35.0 Å². The Kier molecular flexibility index (Phi) is 11.4. The summed E-state index contributed by atoms with van der Waals surface area (Å²) in [5, 5.41) is 67.1. The third-order valence-corrected chi connectivity index (χ3v) is 10.8. The third kappa shape index (κ3) is 7.75. The van der Waals surface area contributed by atoms with Gasteiger partial charge in [-0.15, -0.1) is 0 Å². The summed E-state index contributed by atoms with van der Waals surface area (Å²) in [4.78, 5) is 2.02. The van der Waals surface area contributed by atoms with E-state index in [1.165, 1.54) is 12.1 Å². The van der Waals surface area contributed by atoms with Crippen molar-refractivity contribution < 1.29 is 39.8 Å². The Labute approximate surface area is 318 Å². The van der Waals surface area contributed by atoms with Gasteiger partial charge in [-0.05, 0) is 95.2 Å². The summed E-state index contributed by atoms with van der Waals surface area (Å²) in [7, 11) is 0. The van der Waals surface area contributed by atoms with E-state index in [1.807, 2.05) is 71.6 Å². The number of benzene rings is 5. The number of aliphatic hydroxyl groups is 5. The number of rotatable bonds is 11. The number of thiocarbonyl (C=S) groups is 1. The van der Waals surface area contributed by atoms with Crippen molar-refractivity contribution in [1.29, 1.82) is 0 Å². The van der Waals surface area contributed by atoms with Gasteiger partial charge < -0.3 is 45.6 Å². The van der Waals surface area contributed by atoms with E-state index in [1.54, 1.807) is 30.3 Å². The molecule has 0 radical (unpaired) electrons. The van der Waals surface area contributed by atoms with Crippen LogP contribution >= 0.6 is 12.2 Å². The lowest BCUT2D eigenvalue weighted by Crippen LogP contribution is -2.55. The largest absolute Gasteiger partial charge is 0.508 e. The van der Waals surface area contributed by atoms with Crippen LogP contribution in [0.25, 0.3) is 22.3 Å². The van der Waals surface area contributed by atoms with Crippen LogP contribution in [0.5, 0.6) is 5.75 Å². The van der Waals surface area contributed by atoms with Crippen molar-refractivity contribution in [2.75, 3.05) is 11.5 Å². The molecule has 2 fully saturated rings. The molecule has 0 amide bonds. The minimum Gasteiger partial charge on any atom is -0.508 e. The number of phenols is 1. The fraction of sp³-hybridized carbons (Fsp3) is 0.279. The van der Waals surface area contributed by atoms with Gasteiger partial charge in [0, 0.05) is 11.3 Å². The van der Waals surface area contributed by atoms with E-state index in [-0.39, 0.29) is 23.7 Å². The Morgan fingerprint density at radius 3 is 2.06 bits per heavy atom. The van der Waals surface area contributed by atoms with Crippen molar-refractivity contribution in [1.82, 2.24) is 5.32 Å². The fourth-order valence-corrected chi connectivity index (χ4v) is 7.89. The summed E-state index contributed by atoms with van der Waals surface area (Å²) in [6.07, 6.45) is -5.31. The second-order valence-corrected chi connectivity index (χ2v) is 14.3. The van der Waals surface area contributed by atoms with Gasteiger partial charge in [-0.3, -0.25) is 0 Å². The van der Waals surface area contributed by atoms with Gasteiger partial charge in [0.15, 0.2) is 5.11 Å². The van der Waals surface area contributed by atoms with Gasteiger partial charge >= 0.3 is 0 Å². The highest BCUT2D eigenvalue weighted by atomic mass is 32.1. The van der Waals surface area contributed by atoms with Crippen molar-refractivity contribution in [2.45, 2.75) is 68.0 Å². The first kappa shape index (κ1) is 37.6. The molecule has 9 nitrogen and oxygen atoms in total. The highest BCUT2D eigenvalue weighted by Gasteiger charge is 2.44. The first-order chi connectivity index (χ1) is 26.1. The van der Waals surface area contributed by atoms with Gasteiger partial charge in [-0.25, -0.2) is 4.39 Å². The van der Waals surface area contributed by atoms with Gasteiger partial charge in [0.05, 0.1) is 24.8 Å². The number of hydrogen-bond acceptors (Lipinski definition) is 8. The van der Waals surface area contributed by atoms with Gasteiger partial charge in [0.2, 0.25) is 0 Å². The molecule has 2 saturated heterocycles. The van der Waals surface area contributed by atoms with Gasteiger partial charge in [0.25, 0.3) is 0 Å². The second-order valence-electron chi connectivity index (χ2n) is 13.9. The average Bonchev–Trinajstić information content (AvgIpc) is 3.52. The number of ether oxygens (including phenoxy) is 1. The first-order valence-electron chi connectivity index (χ1n) is 18.1. The topological polar surface area (TPSA) is 146 Å². The molecule has 8 unspecified atom stereocenters. The molecule has 280 valence electrons. The predicted molar refractivity (Wildman–Crippen MR) is 208 cm³/mol. The van der Waals surface area contributed by atoms with Crippen LogP contribution in [0.1, 0.15) is 54.2 Å². The Hall–Kier alpha value is -4.72. The molecule has 5 aromatic rings. The molecule has 0 aliphatic carbocycles. The van der Waals surface area contributed by atoms with Crippen molar-refractivity contribution in [3.8, 4) is 28.0 Å². The van der Waals surface area contributed by atoms with Crippen LogP contribution in [0, 0.1) is 5.82 Å². The van der Waals surface area contributed by atoms with Crippen molar-refractivity contribution >= 4 is 23.0 Å². The van der Waals surface area contributed by atoms with Gasteiger partial charge in [0.1, 0.15) is 42.1 Å². The van der Waals surface area contributed by atoms with E-state index < -0.39 is 43.2 Å². The van der Waals surface area contributed by atoms with E-state index in [2.05, 4.69) is 17.4 Å². The molecule has 5 aromatic carbocycles. The summed E-state index contributed by atoms with van der Waals surface area (Å²) in [5.74, 6) is -0.283. The summed E-state index contributed by atoms with van der Waals surface area (Å²) in [6, 6.07) is 36.1. The molecule has 2 aliphatic heterocycles. The maximum atomic E-state index is 13.5. The SMILES string of the molecule is OCC1OC(c2ccc(-c3ccc(C4C(CCCC(O)c5ccc(F)cc5)NC(=S)N4c4ccc(-c5ccccc5)cc4)c(O)c3)cc2)C(O)C(O)C1O. The van der Waals surface area contributed by atoms with E-state index >= 15 is 0 Å². The quantitative estimate of drug-likeness (QED) is 0.0793. The molecular formula is C43H43FN2O7S. The second kappa shape index (κ2) is 16.3. The number of aliphatic hydroxyl groups excluding tert-OH is 5. The Morgan fingerprint density at radius 1 is 0.759 bits per heavy atom. The van der Waals surface area contributed by atoms with Crippen LogP contribution in [0.15, 0.2) is 121 Å². The van der Waals surface area contributed by atoms with Crippen LogP contribution in [-0.4, -0.2) is 72.8 Å². The molecule has 0 bridgehead atoms. The zero-order chi connectivity index (χ0) is 37.9. The lowest BCUT2D eigenvalue weighted by molar-refractivity contribution is -0.231. The maximum Gasteiger partial charge on any atom is 0.174 e. The van der Waals surface area contributed by atoms with Gasteiger partial charge in [-0.2, -0.15) is 0 Å². The van der Waals surface area contributed by atoms with Crippen molar-refractivity contribution in [2.24, 2.45) is 0 Å².